The molecule has 0 atom stereocenters. The highest BCUT2D eigenvalue weighted by atomic mass is 13.4. The predicted molar refractivity (Wildman–Crippen MR) is 63.5 cm³/mol. The smallest absolute Gasteiger partial charge is 0 e. The monoisotopic (exact) mass is 167 g/mol. The second kappa shape index (κ2) is 90.0. The average molecular weight is 167 g/mol. The third-order valence-electron chi connectivity index (χ3n) is 0. The molecule has 0 heteroatoms. The zero-order valence-corrected chi connectivity index (χ0v) is 8.12. The van der Waals surface area contributed by atoms with E-state index in [9.17, 15) is 0 Å². The minimum Gasteiger partial charge on any atom is -0.0776 e. The molecule has 0 heterocycles. The van der Waals surface area contributed by atoms with Crippen LogP contribution < -0.4 is 0 Å². The van der Waals surface area contributed by atoms with E-state index in [0.717, 1.165) is 0 Å². The van der Waals surface area contributed by atoms with Crippen LogP contribution in [-0.2, 0) is 0 Å². The van der Waals surface area contributed by atoms with Crippen molar-refractivity contribution in [2.75, 3.05) is 0 Å². The Morgan fingerprint density at radius 1 is 0.545 bits per heavy atom. The molecule has 0 rings (SSSR count). The minimum atomic E-state index is 0. The lowest BCUT2D eigenvalue weighted by Gasteiger charge is -1.48. The van der Waals surface area contributed by atoms with Crippen LogP contribution in [0.4, 0.5) is 0 Å². The van der Waals surface area contributed by atoms with E-state index < -0.39 is 0 Å². The molecule has 0 aliphatic rings. The van der Waals surface area contributed by atoms with Crippen molar-refractivity contribution in [1.29, 1.82) is 0 Å². The molecule has 0 fully saturated rings. The van der Waals surface area contributed by atoms with Crippen LogP contribution in [0.15, 0.2) is 0 Å². The van der Waals surface area contributed by atoms with Crippen LogP contribution in [0.1, 0.15) is 77.1 Å². The Bertz CT molecular complexity index is 9.72. The maximum Gasteiger partial charge on any atom is 0 e. The lowest BCUT2D eigenvalue weighted by atomic mass is 10.6. The van der Waals surface area contributed by atoms with Crippen molar-refractivity contribution in [3.63, 3.8) is 0 Å². The molecule has 0 bridgehead atoms. The Balaban J connectivity index is -0.00000001000. The van der Waals surface area contributed by atoms with E-state index in [1.54, 1.807) is 0 Å². The van der Waals surface area contributed by atoms with Crippen molar-refractivity contribution < 1.29 is 1.43 Å². The summed E-state index contributed by atoms with van der Waals surface area (Å²) in [6.45, 7) is 12.8. The molecule has 0 unspecified atom stereocenters. The van der Waals surface area contributed by atoms with Crippen LogP contribution in [0.3, 0.4) is 0 Å². The van der Waals surface area contributed by atoms with Crippen LogP contribution in [0, 0.1) is 0 Å². The molecule has 0 spiro atoms. The molecule has 0 aromatic carbocycles. The summed E-state index contributed by atoms with van der Waals surface area (Å²) in [4.78, 5) is 0. The van der Waals surface area contributed by atoms with Gasteiger partial charge in [-0.25, -0.2) is 0 Å². The molecule has 0 amide bonds. The lowest BCUT2D eigenvalue weighted by Crippen LogP contribution is -1.27. The van der Waals surface area contributed by atoms with Crippen LogP contribution >= 0.6 is 0 Å². The first-order valence-corrected chi connectivity index (χ1v) is 4.24. The quantitative estimate of drug-likeness (QED) is 0.430. The maximum absolute atomic E-state index is 2.12. The van der Waals surface area contributed by atoms with Gasteiger partial charge in [-0.1, -0.05) is 75.7 Å². The van der Waals surface area contributed by atoms with E-state index in [-0.39, 0.29) is 16.3 Å². The fraction of sp³-hybridized carbons (Fsp3) is 1.00. The third-order valence-corrected chi connectivity index (χ3v) is 0. The molecule has 0 aliphatic carbocycles. The molecular formula is C11H34. The van der Waals surface area contributed by atoms with Crippen LogP contribution in [0.5, 0.6) is 0 Å². The van der Waals surface area contributed by atoms with E-state index in [2.05, 4.69) is 41.5 Å². The van der Waals surface area contributed by atoms with Gasteiger partial charge in [0.1, 0.15) is 0 Å². The maximum atomic E-state index is 2.12. The second-order valence-electron chi connectivity index (χ2n) is 2.12. The Kier molecular flexibility index (Phi) is 250. The third kappa shape index (κ3) is 0. The molecule has 0 N–H and O–H groups in total. The van der Waals surface area contributed by atoms with Crippen molar-refractivity contribution in [3.8, 4) is 0 Å². The summed E-state index contributed by atoms with van der Waals surface area (Å²) in [7, 11) is 0. The number of hydrogen-bond donors (Lipinski definition) is 0. The van der Waals surface area contributed by atoms with E-state index in [1.165, 1.54) is 19.3 Å². The van der Waals surface area contributed by atoms with Crippen molar-refractivity contribution in [2.45, 2.75) is 75.7 Å². The van der Waals surface area contributed by atoms with Gasteiger partial charge in [0, 0.05) is 1.43 Å². The van der Waals surface area contributed by atoms with Crippen LogP contribution in [0.2, 0.25) is 0 Å². The summed E-state index contributed by atoms with van der Waals surface area (Å²) in [5.41, 5.74) is 0. The first-order valence-electron chi connectivity index (χ1n) is 4.24. The molecule has 0 aromatic rings. The van der Waals surface area contributed by atoms with E-state index in [4.69, 9.17) is 0 Å². The van der Waals surface area contributed by atoms with Crippen LogP contribution in [-0.4, -0.2) is 0 Å². The van der Waals surface area contributed by atoms with Crippen LogP contribution in [0.25, 0.3) is 0 Å². The molecule has 0 nitrogen and oxygen atoms in total. The zero-order valence-electron chi connectivity index (χ0n) is 8.12. The largest absolute Gasteiger partial charge is 0.0776 e. The van der Waals surface area contributed by atoms with Crippen molar-refractivity contribution in [2.24, 2.45) is 0 Å². The van der Waals surface area contributed by atoms with Gasteiger partial charge in [-0.2, -0.15) is 0 Å². The molecule has 0 saturated heterocycles. The Morgan fingerprint density at radius 2 is 0.545 bits per heavy atom. The van der Waals surface area contributed by atoms with Gasteiger partial charge in [-0.05, 0) is 0 Å². The van der Waals surface area contributed by atoms with Gasteiger partial charge >= 0.3 is 0 Å². The van der Waals surface area contributed by atoms with E-state index >= 15 is 0 Å². The van der Waals surface area contributed by atoms with Gasteiger partial charge in [0.2, 0.25) is 0 Å². The van der Waals surface area contributed by atoms with Crippen molar-refractivity contribution in [3.05, 3.63) is 0 Å². The fourth-order valence-corrected chi connectivity index (χ4v) is 0. The summed E-state index contributed by atoms with van der Waals surface area (Å²) in [6.07, 6.45) is 3.75. The topological polar surface area (TPSA) is 0 Å². The predicted octanol–water partition coefficient (Wildman–Crippen LogP) is 5.77. The summed E-state index contributed by atoms with van der Waals surface area (Å²) in [6, 6.07) is 0. The molecule has 11 heavy (non-hydrogen) atoms. The van der Waals surface area contributed by atoms with Gasteiger partial charge in [-0.3, -0.25) is 0 Å². The summed E-state index contributed by atoms with van der Waals surface area (Å²) < 4.78 is 0. The minimum absolute atomic E-state index is 0. The van der Waals surface area contributed by atoms with Gasteiger partial charge in [0.25, 0.3) is 0 Å². The van der Waals surface area contributed by atoms with Gasteiger partial charge < -0.3 is 0 Å². The van der Waals surface area contributed by atoms with Gasteiger partial charge in [-0.15, -0.1) is 0 Å². The summed E-state index contributed by atoms with van der Waals surface area (Å²) >= 11 is 0. The SMILES string of the molecule is C.C.CCC.CCC.CCC.[2HH]. The Hall–Kier alpha value is 0. The zero-order chi connectivity index (χ0) is 8.12. The Morgan fingerprint density at radius 3 is 0.545 bits per heavy atom. The number of hydrogen-bond acceptors (Lipinski definition) is 0. The van der Waals surface area contributed by atoms with E-state index in [1.807, 2.05) is 0 Å². The second-order valence-corrected chi connectivity index (χ2v) is 2.12. The number of rotatable bonds is 0. The molecule has 0 radical (unpaired) electrons. The fourth-order valence-electron chi connectivity index (χ4n) is 0. The molecule has 0 saturated carbocycles. The summed E-state index contributed by atoms with van der Waals surface area (Å²) in [5, 5.41) is 0. The van der Waals surface area contributed by atoms with Crippen molar-refractivity contribution in [1.82, 2.24) is 0 Å². The van der Waals surface area contributed by atoms with Crippen molar-refractivity contribution >= 4 is 0 Å². The highest BCUT2D eigenvalue weighted by molar-refractivity contribution is 3.92. The average Bonchev–Trinajstić information content (AvgIpc) is 1.70. The lowest BCUT2D eigenvalue weighted by molar-refractivity contribution is 1.09. The molecule has 0 aliphatic heterocycles. The normalized spacial score (nSPS) is 4.91. The molecular weight excluding hydrogens is 132 g/mol. The van der Waals surface area contributed by atoms with Gasteiger partial charge in [0.15, 0.2) is 0 Å². The Labute approximate surface area is 77.9 Å². The van der Waals surface area contributed by atoms with Gasteiger partial charge in [0.05, 0.1) is 0 Å². The molecule has 78 valence electrons. The first-order chi connectivity index (χ1) is 4.24. The highest BCUT2D eigenvalue weighted by Crippen LogP contribution is 1.56. The first kappa shape index (κ1) is 30.6. The summed E-state index contributed by atoms with van der Waals surface area (Å²) in [5.74, 6) is 0. The standard InChI is InChI=1S/3C3H8.2CH4.H2/c3*1-3-2;;;/h3*3H2,1-2H3;2*1H4;1H/i;;;;;1+1. The van der Waals surface area contributed by atoms with E-state index in [0.29, 0.717) is 0 Å². The highest BCUT2D eigenvalue weighted by Gasteiger charge is 1.36. The molecule has 0 aromatic heterocycles.